The van der Waals surface area contributed by atoms with Crippen LogP contribution in [0, 0.1) is 26.6 Å². The summed E-state index contributed by atoms with van der Waals surface area (Å²) in [5.74, 6) is 1.06. The molecule has 2 nitrogen and oxygen atoms in total. The monoisotopic (exact) mass is 351 g/mol. The van der Waals surface area contributed by atoms with E-state index in [4.69, 9.17) is 10.5 Å². The molecule has 0 fully saturated rings. The Hall–Kier alpha value is -1.39. The van der Waals surface area contributed by atoms with E-state index in [2.05, 4.69) is 15.9 Å². The Morgan fingerprint density at radius 3 is 2.14 bits per heavy atom. The average molecular weight is 352 g/mol. The van der Waals surface area contributed by atoms with Crippen LogP contribution in [0.1, 0.15) is 35.2 Å². The average Bonchev–Trinajstić information content (AvgIpc) is 2.39. The van der Waals surface area contributed by atoms with E-state index in [1.807, 2.05) is 32.9 Å². The topological polar surface area (TPSA) is 35.2 Å². The van der Waals surface area contributed by atoms with Crippen LogP contribution in [0.15, 0.2) is 28.7 Å². The molecular weight excluding hydrogens is 333 g/mol. The van der Waals surface area contributed by atoms with Crippen LogP contribution in [-0.2, 0) is 0 Å². The minimum Gasteiger partial charge on any atom is -0.457 e. The highest BCUT2D eigenvalue weighted by Crippen LogP contribution is 2.34. The van der Waals surface area contributed by atoms with Gasteiger partial charge < -0.3 is 10.5 Å². The number of aryl methyl sites for hydroxylation is 3. The molecular formula is C17H19BrFNO. The molecule has 0 aliphatic heterocycles. The predicted octanol–water partition coefficient (Wildman–Crippen LogP) is 5.33. The van der Waals surface area contributed by atoms with Crippen molar-refractivity contribution in [2.45, 2.75) is 33.7 Å². The van der Waals surface area contributed by atoms with Crippen molar-refractivity contribution in [3.05, 3.63) is 56.8 Å². The summed E-state index contributed by atoms with van der Waals surface area (Å²) in [7, 11) is 0. The third kappa shape index (κ3) is 3.44. The maximum Gasteiger partial charge on any atom is 0.132 e. The quantitative estimate of drug-likeness (QED) is 0.811. The Morgan fingerprint density at radius 2 is 1.62 bits per heavy atom. The highest BCUT2D eigenvalue weighted by atomic mass is 79.9. The first-order chi connectivity index (χ1) is 9.79. The van der Waals surface area contributed by atoms with Crippen molar-refractivity contribution in [1.29, 1.82) is 0 Å². The minimum absolute atomic E-state index is 0.266. The number of halogens is 2. The summed E-state index contributed by atoms with van der Waals surface area (Å²) in [6, 6.07) is 6.74. The van der Waals surface area contributed by atoms with Gasteiger partial charge >= 0.3 is 0 Å². The Morgan fingerprint density at radius 1 is 1.05 bits per heavy atom. The van der Waals surface area contributed by atoms with Gasteiger partial charge in [0.15, 0.2) is 0 Å². The van der Waals surface area contributed by atoms with Crippen molar-refractivity contribution < 1.29 is 9.13 Å². The van der Waals surface area contributed by atoms with Crippen LogP contribution in [0.25, 0.3) is 0 Å². The molecule has 0 spiro atoms. The Balaban J connectivity index is 2.46. The molecule has 0 aliphatic rings. The zero-order valence-electron chi connectivity index (χ0n) is 12.6. The molecule has 21 heavy (non-hydrogen) atoms. The van der Waals surface area contributed by atoms with E-state index in [1.165, 1.54) is 6.07 Å². The van der Waals surface area contributed by atoms with Gasteiger partial charge in [-0.1, -0.05) is 15.9 Å². The molecule has 0 amide bonds. The molecule has 0 aromatic heterocycles. The summed E-state index contributed by atoms with van der Waals surface area (Å²) in [6.45, 7) is 7.54. The predicted molar refractivity (Wildman–Crippen MR) is 87.4 cm³/mol. The fourth-order valence-electron chi connectivity index (χ4n) is 2.21. The van der Waals surface area contributed by atoms with Gasteiger partial charge in [0.1, 0.15) is 17.3 Å². The van der Waals surface area contributed by atoms with E-state index in [-0.39, 0.29) is 11.9 Å². The molecule has 1 atom stereocenters. The molecule has 0 bridgehead atoms. The van der Waals surface area contributed by atoms with E-state index in [0.29, 0.717) is 16.9 Å². The molecule has 0 heterocycles. The van der Waals surface area contributed by atoms with E-state index < -0.39 is 0 Å². The minimum atomic E-state index is -0.298. The number of nitrogens with two attached hydrogens (primary N) is 1. The lowest BCUT2D eigenvalue weighted by molar-refractivity contribution is 0.467. The van der Waals surface area contributed by atoms with Crippen LogP contribution in [0.2, 0.25) is 0 Å². The molecule has 112 valence electrons. The Kier molecular flexibility index (Phi) is 4.69. The van der Waals surface area contributed by atoms with Crippen LogP contribution in [0.4, 0.5) is 4.39 Å². The third-order valence-electron chi connectivity index (χ3n) is 3.42. The van der Waals surface area contributed by atoms with Crippen molar-refractivity contribution in [2.24, 2.45) is 5.73 Å². The van der Waals surface area contributed by atoms with Gasteiger partial charge in [-0.2, -0.15) is 0 Å². The first kappa shape index (κ1) is 16.0. The molecule has 0 saturated carbocycles. The molecule has 0 saturated heterocycles. The summed E-state index contributed by atoms with van der Waals surface area (Å²) in [6.07, 6.45) is 0. The van der Waals surface area contributed by atoms with Crippen LogP contribution >= 0.6 is 15.9 Å². The lowest BCUT2D eigenvalue weighted by atomic mass is 10.0. The number of benzene rings is 2. The molecule has 0 radical (unpaired) electrons. The Bertz CT molecular complexity index is 660. The zero-order chi connectivity index (χ0) is 15.7. The van der Waals surface area contributed by atoms with Gasteiger partial charge in [0.05, 0.1) is 0 Å². The third-order valence-corrected chi connectivity index (χ3v) is 4.67. The molecule has 0 aliphatic carbocycles. The van der Waals surface area contributed by atoms with Gasteiger partial charge in [-0.3, -0.25) is 0 Å². The van der Waals surface area contributed by atoms with Crippen LogP contribution in [0.3, 0.4) is 0 Å². The molecule has 2 N–H and O–H groups in total. The van der Waals surface area contributed by atoms with E-state index in [9.17, 15) is 4.39 Å². The van der Waals surface area contributed by atoms with Crippen molar-refractivity contribution >= 4 is 15.9 Å². The first-order valence-corrected chi connectivity index (χ1v) is 7.59. The van der Waals surface area contributed by atoms with Crippen LogP contribution < -0.4 is 10.5 Å². The second kappa shape index (κ2) is 6.16. The highest BCUT2D eigenvalue weighted by Gasteiger charge is 2.14. The molecule has 0 unspecified atom stereocenters. The van der Waals surface area contributed by atoms with Gasteiger partial charge in [-0.25, -0.2) is 4.39 Å². The number of rotatable bonds is 3. The van der Waals surface area contributed by atoms with E-state index >= 15 is 0 Å². The van der Waals surface area contributed by atoms with Crippen molar-refractivity contribution in [2.75, 3.05) is 0 Å². The fourth-order valence-corrected chi connectivity index (χ4v) is 2.44. The molecule has 2 aromatic carbocycles. The van der Waals surface area contributed by atoms with Crippen LogP contribution in [0.5, 0.6) is 11.5 Å². The number of hydrogen-bond acceptors (Lipinski definition) is 2. The standard InChI is InChI=1S/C17H19BrFNO/c1-9-7-16(14(12(4)20)8-15(9)19)21-13-5-10(2)17(18)11(3)6-13/h5-8,12H,20H2,1-4H3/t12-/m1/s1. The van der Waals surface area contributed by atoms with Crippen molar-refractivity contribution in [3.8, 4) is 11.5 Å². The molecule has 2 rings (SSSR count). The van der Waals surface area contributed by atoms with E-state index in [0.717, 1.165) is 21.3 Å². The highest BCUT2D eigenvalue weighted by molar-refractivity contribution is 9.10. The van der Waals surface area contributed by atoms with Gasteiger partial charge in [-0.05, 0) is 68.7 Å². The summed E-state index contributed by atoms with van der Waals surface area (Å²) in [5.41, 5.74) is 9.30. The van der Waals surface area contributed by atoms with Gasteiger partial charge in [0.25, 0.3) is 0 Å². The van der Waals surface area contributed by atoms with Crippen molar-refractivity contribution in [1.82, 2.24) is 0 Å². The Labute approximate surface area is 133 Å². The van der Waals surface area contributed by atoms with Gasteiger partial charge in [-0.15, -0.1) is 0 Å². The SMILES string of the molecule is Cc1cc(Oc2cc(C)c(Br)c(C)c2)c([C@@H](C)N)cc1F. The second-order valence-corrected chi connectivity index (χ2v) is 6.19. The molecule has 4 heteroatoms. The largest absolute Gasteiger partial charge is 0.457 e. The molecule has 2 aromatic rings. The lowest BCUT2D eigenvalue weighted by Gasteiger charge is -2.16. The summed E-state index contributed by atoms with van der Waals surface area (Å²) >= 11 is 3.53. The normalized spacial score (nSPS) is 12.3. The van der Waals surface area contributed by atoms with Crippen LogP contribution in [-0.4, -0.2) is 0 Å². The maximum atomic E-state index is 13.7. The van der Waals surface area contributed by atoms with Crippen molar-refractivity contribution in [3.63, 3.8) is 0 Å². The first-order valence-electron chi connectivity index (χ1n) is 6.79. The smallest absolute Gasteiger partial charge is 0.132 e. The zero-order valence-corrected chi connectivity index (χ0v) is 14.2. The summed E-state index contributed by atoms with van der Waals surface area (Å²) in [5, 5.41) is 0. The summed E-state index contributed by atoms with van der Waals surface area (Å²) in [4.78, 5) is 0. The number of ether oxygens (including phenoxy) is 1. The van der Waals surface area contributed by atoms with E-state index in [1.54, 1.807) is 13.0 Å². The number of hydrogen-bond donors (Lipinski definition) is 1. The van der Waals surface area contributed by atoms with Gasteiger partial charge in [0, 0.05) is 16.1 Å². The van der Waals surface area contributed by atoms with Gasteiger partial charge in [0.2, 0.25) is 0 Å². The second-order valence-electron chi connectivity index (χ2n) is 5.40. The fraction of sp³-hybridized carbons (Fsp3) is 0.294. The summed E-state index contributed by atoms with van der Waals surface area (Å²) < 4.78 is 20.7. The lowest BCUT2D eigenvalue weighted by Crippen LogP contribution is -2.08. The maximum absolute atomic E-state index is 13.7.